The molecule has 1 spiro atoms. The van der Waals surface area contributed by atoms with E-state index in [0.29, 0.717) is 11.8 Å². The molecule has 0 aromatic carbocycles. The molecular weight excluding hydrogens is 212 g/mol. The van der Waals surface area contributed by atoms with Crippen molar-refractivity contribution >= 4 is 0 Å². The smallest absolute Gasteiger partial charge is 0.173 e. The predicted molar refractivity (Wildman–Crippen MR) is 67.6 cm³/mol. The van der Waals surface area contributed by atoms with Crippen LogP contribution >= 0.6 is 0 Å². The summed E-state index contributed by atoms with van der Waals surface area (Å²) in [5, 5.41) is 0. The van der Waals surface area contributed by atoms with Crippen LogP contribution in [0.2, 0.25) is 0 Å². The molecule has 0 amide bonds. The zero-order chi connectivity index (χ0) is 11.9. The third kappa shape index (κ3) is 2.04. The van der Waals surface area contributed by atoms with Gasteiger partial charge in [0.15, 0.2) is 5.79 Å². The van der Waals surface area contributed by atoms with Crippen LogP contribution in [-0.4, -0.2) is 19.0 Å². The second-order valence-electron chi connectivity index (χ2n) is 6.64. The normalized spacial score (nSPS) is 45.5. The highest BCUT2D eigenvalue weighted by Gasteiger charge is 2.53. The fourth-order valence-electron chi connectivity index (χ4n) is 4.56. The van der Waals surface area contributed by atoms with Crippen molar-refractivity contribution in [1.29, 1.82) is 0 Å². The van der Waals surface area contributed by atoms with E-state index in [-0.39, 0.29) is 5.79 Å². The topological polar surface area (TPSA) is 18.5 Å². The zero-order valence-corrected chi connectivity index (χ0v) is 11.3. The van der Waals surface area contributed by atoms with Gasteiger partial charge in [-0.2, -0.15) is 0 Å². The highest BCUT2D eigenvalue weighted by Crippen LogP contribution is 2.52. The Morgan fingerprint density at radius 2 is 1.59 bits per heavy atom. The van der Waals surface area contributed by atoms with Crippen molar-refractivity contribution in [2.75, 3.05) is 13.2 Å². The SMILES string of the molecule is CC1CC2CC(C)C3(OCCCCO3)C(C1)C2. The Balaban J connectivity index is 1.85. The Labute approximate surface area is 105 Å². The second kappa shape index (κ2) is 4.55. The summed E-state index contributed by atoms with van der Waals surface area (Å²) in [4.78, 5) is 0. The third-order valence-corrected chi connectivity index (χ3v) is 5.18. The van der Waals surface area contributed by atoms with Crippen molar-refractivity contribution in [3.05, 3.63) is 0 Å². The van der Waals surface area contributed by atoms with Crippen LogP contribution in [0.5, 0.6) is 0 Å². The highest BCUT2D eigenvalue weighted by atomic mass is 16.7. The van der Waals surface area contributed by atoms with E-state index < -0.39 is 0 Å². The van der Waals surface area contributed by atoms with Crippen molar-refractivity contribution in [2.24, 2.45) is 23.7 Å². The number of hydrogen-bond donors (Lipinski definition) is 0. The van der Waals surface area contributed by atoms with Gasteiger partial charge < -0.3 is 9.47 Å². The maximum Gasteiger partial charge on any atom is 0.173 e. The highest BCUT2D eigenvalue weighted by molar-refractivity contribution is 4.96. The molecule has 17 heavy (non-hydrogen) atoms. The van der Waals surface area contributed by atoms with Crippen molar-refractivity contribution in [3.63, 3.8) is 0 Å². The van der Waals surface area contributed by atoms with Crippen LogP contribution in [0.1, 0.15) is 52.4 Å². The van der Waals surface area contributed by atoms with Crippen LogP contribution in [0, 0.1) is 23.7 Å². The van der Waals surface area contributed by atoms with Crippen LogP contribution in [0.25, 0.3) is 0 Å². The van der Waals surface area contributed by atoms with Gasteiger partial charge in [0, 0.05) is 11.8 Å². The summed E-state index contributed by atoms with van der Waals surface area (Å²) in [6, 6.07) is 0. The lowest BCUT2D eigenvalue weighted by molar-refractivity contribution is -0.308. The quantitative estimate of drug-likeness (QED) is 0.642. The van der Waals surface area contributed by atoms with Gasteiger partial charge in [0.1, 0.15) is 0 Å². The molecule has 2 bridgehead atoms. The summed E-state index contributed by atoms with van der Waals surface area (Å²) in [7, 11) is 0. The molecule has 1 saturated heterocycles. The van der Waals surface area contributed by atoms with E-state index in [1.807, 2.05) is 0 Å². The summed E-state index contributed by atoms with van der Waals surface area (Å²) in [5.41, 5.74) is 0. The molecule has 0 N–H and O–H groups in total. The van der Waals surface area contributed by atoms with Crippen molar-refractivity contribution in [1.82, 2.24) is 0 Å². The minimum atomic E-state index is -0.221. The van der Waals surface area contributed by atoms with Crippen LogP contribution in [0.4, 0.5) is 0 Å². The largest absolute Gasteiger partial charge is 0.349 e. The molecule has 0 radical (unpaired) electrons. The fourth-order valence-corrected chi connectivity index (χ4v) is 4.56. The summed E-state index contributed by atoms with van der Waals surface area (Å²) in [6.45, 7) is 6.56. The Morgan fingerprint density at radius 1 is 0.882 bits per heavy atom. The van der Waals surface area contributed by atoms with Crippen LogP contribution in [0.15, 0.2) is 0 Å². The summed E-state index contributed by atoms with van der Waals surface area (Å²) < 4.78 is 12.5. The van der Waals surface area contributed by atoms with Crippen molar-refractivity contribution < 1.29 is 9.47 Å². The Hall–Kier alpha value is -0.0800. The molecule has 3 rings (SSSR count). The first-order valence-corrected chi connectivity index (χ1v) is 7.48. The standard InChI is InChI=1S/C15H26O2/c1-11-7-13-9-12(2)15(14(8-11)10-13)16-5-3-4-6-17-15/h11-14H,3-10H2,1-2H3. The number of ether oxygens (including phenoxy) is 2. The molecule has 0 aromatic heterocycles. The molecular formula is C15H26O2. The predicted octanol–water partition coefficient (Wildman–Crippen LogP) is 3.60. The number of fused-ring (bicyclic) bond motifs is 3. The second-order valence-corrected chi connectivity index (χ2v) is 6.64. The monoisotopic (exact) mass is 238 g/mol. The first-order chi connectivity index (χ1) is 8.21. The Morgan fingerprint density at radius 3 is 2.29 bits per heavy atom. The molecule has 0 aromatic rings. The molecule has 4 atom stereocenters. The lowest BCUT2D eigenvalue weighted by Gasteiger charge is -2.53. The van der Waals surface area contributed by atoms with Gasteiger partial charge in [-0.1, -0.05) is 13.8 Å². The van der Waals surface area contributed by atoms with Crippen molar-refractivity contribution in [3.8, 4) is 0 Å². The Kier molecular flexibility index (Phi) is 3.20. The van der Waals surface area contributed by atoms with Gasteiger partial charge in [0.05, 0.1) is 13.2 Å². The van der Waals surface area contributed by atoms with Crippen LogP contribution in [-0.2, 0) is 9.47 Å². The van der Waals surface area contributed by atoms with Crippen LogP contribution in [0.3, 0.4) is 0 Å². The van der Waals surface area contributed by atoms with Crippen LogP contribution < -0.4 is 0 Å². The minimum absolute atomic E-state index is 0.221. The molecule has 98 valence electrons. The fraction of sp³-hybridized carbons (Fsp3) is 1.00. The summed E-state index contributed by atoms with van der Waals surface area (Å²) in [6.07, 6.45) is 7.72. The summed E-state index contributed by atoms with van der Waals surface area (Å²) in [5.74, 6) is 2.80. The average Bonchev–Trinajstić information content (AvgIpc) is 2.52. The molecule has 2 nitrogen and oxygen atoms in total. The van der Waals surface area contributed by atoms with E-state index in [0.717, 1.165) is 25.0 Å². The van der Waals surface area contributed by atoms with Gasteiger partial charge in [-0.15, -0.1) is 0 Å². The molecule has 3 fully saturated rings. The summed E-state index contributed by atoms with van der Waals surface area (Å²) >= 11 is 0. The van der Waals surface area contributed by atoms with Gasteiger partial charge in [0.2, 0.25) is 0 Å². The van der Waals surface area contributed by atoms with E-state index in [4.69, 9.17) is 9.47 Å². The Bertz CT molecular complexity index is 264. The maximum atomic E-state index is 6.26. The number of rotatable bonds is 0. The molecule has 1 aliphatic heterocycles. The molecule has 1 heterocycles. The first kappa shape index (κ1) is 12.0. The zero-order valence-electron chi connectivity index (χ0n) is 11.3. The molecule has 2 saturated carbocycles. The molecule has 2 aliphatic carbocycles. The first-order valence-electron chi connectivity index (χ1n) is 7.48. The van der Waals surface area contributed by atoms with E-state index in [2.05, 4.69) is 13.8 Å². The van der Waals surface area contributed by atoms with E-state index in [1.165, 1.54) is 38.5 Å². The van der Waals surface area contributed by atoms with Crippen molar-refractivity contribution in [2.45, 2.75) is 58.2 Å². The van der Waals surface area contributed by atoms with Gasteiger partial charge in [-0.25, -0.2) is 0 Å². The molecule has 3 aliphatic rings. The molecule has 4 unspecified atom stereocenters. The third-order valence-electron chi connectivity index (χ3n) is 5.18. The maximum absolute atomic E-state index is 6.26. The van der Waals surface area contributed by atoms with E-state index in [1.54, 1.807) is 0 Å². The van der Waals surface area contributed by atoms with E-state index in [9.17, 15) is 0 Å². The lowest BCUT2D eigenvalue weighted by Crippen LogP contribution is -2.55. The van der Waals surface area contributed by atoms with Gasteiger partial charge in [0.25, 0.3) is 0 Å². The van der Waals surface area contributed by atoms with Gasteiger partial charge in [-0.3, -0.25) is 0 Å². The lowest BCUT2D eigenvalue weighted by atomic mass is 9.62. The number of hydrogen-bond acceptors (Lipinski definition) is 2. The molecule has 2 heteroatoms. The van der Waals surface area contributed by atoms with Gasteiger partial charge in [-0.05, 0) is 50.4 Å². The van der Waals surface area contributed by atoms with E-state index >= 15 is 0 Å². The minimum Gasteiger partial charge on any atom is -0.349 e. The average molecular weight is 238 g/mol. The van der Waals surface area contributed by atoms with Gasteiger partial charge >= 0.3 is 0 Å².